The monoisotopic (exact) mass is 237 g/mol. The number of rotatable bonds is 2. The van der Waals surface area contributed by atoms with Gasteiger partial charge in [0.05, 0.1) is 12.7 Å². The highest BCUT2D eigenvalue weighted by molar-refractivity contribution is 5.89. The SMILES string of the molecule is COC(=O)c1cccc([C@@H]2CCCNC2)c1F. The van der Waals surface area contributed by atoms with E-state index < -0.39 is 11.8 Å². The minimum Gasteiger partial charge on any atom is -0.465 e. The van der Waals surface area contributed by atoms with Crippen molar-refractivity contribution in [1.82, 2.24) is 5.32 Å². The molecule has 1 N–H and O–H groups in total. The second-order valence-corrected chi connectivity index (χ2v) is 4.24. The molecule has 1 aromatic rings. The van der Waals surface area contributed by atoms with Gasteiger partial charge in [-0.3, -0.25) is 0 Å². The van der Waals surface area contributed by atoms with Crippen LogP contribution in [-0.4, -0.2) is 26.2 Å². The molecule has 0 unspecified atom stereocenters. The Bertz CT molecular complexity index is 414. The van der Waals surface area contributed by atoms with Crippen LogP contribution in [0.3, 0.4) is 0 Å². The molecule has 2 rings (SSSR count). The largest absolute Gasteiger partial charge is 0.465 e. The Balaban J connectivity index is 2.31. The third kappa shape index (κ3) is 2.47. The second-order valence-electron chi connectivity index (χ2n) is 4.24. The Morgan fingerprint density at radius 3 is 3.00 bits per heavy atom. The van der Waals surface area contributed by atoms with Crippen LogP contribution in [0.2, 0.25) is 0 Å². The van der Waals surface area contributed by atoms with Gasteiger partial charge in [-0.2, -0.15) is 0 Å². The van der Waals surface area contributed by atoms with E-state index in [9.17, 15) is 9.18 Å². The number of carbonyl (C=O) groups is 1. The molecule has 1 fully saturated rings. The molecule has 1 saturated heterocycles. The van der Waals surface area contributed by atoms with Crippen LogP contribution >= 0.6 is 0 Å². The van der Waals surface area contributed by atoms with Crippen LogP contribution in [-0.2, 0) is 4.74 Å². The van der Waals surface area contributed by atoms with E-state index in [0.29, 0.717) is 5.56 Å². The molecule has 1 aromatic carbocycles. The fraction of sp³-hybridized carbons (Fsp3) is 0.462. The summed E-state index contributed by atoms with van der Waals surface area (Å²) < 4.78 is 18.7. The number of esters is 1. The Morgan fingerprint density at radius 1 is 1.53 bits per heavy atom. The van der Waals surface area contributed by atoms with Crippen molar-refractivity contribution in [2.45, 2.75) is 18.8 Å². The minimum absolute atomic E-state index is 0.0237. The molecule has 1 heterocycles. The number of benzene rings is 1. The first-order chi connectivity index (χ1) is 8.24. The van der Waals surface area contributed by atoms with Crippen LogP contribution in [0, 0.1) is 5.82 Å². The van der Waals surface area contributed by atoms with Gasteiger partial charge in [-0.15, -0.1) is 0 Å². The molecule has 1 atom stereocenters. The number of ether oxygens (including phenoxy) is 1. The molecule has 92 valence electrons. The van der Waals surface area contributed by atoms with Gasteiger partial charge in [-0.1, -0.05) is 12.1 Å². The van der Waals surface area contributed by atoms with Crippen molar-refractivity contribution in [2.75, 3.05) is 20.2 Å². The van der Waals surface area contributed by atoms with Gasteiger partial charge >= 0.3 is 5.97 Å². The third-order valence-electron chi connectivity index (χ3n) is 3.17. The number of halogens is 1. The molecule has 0 aliphatic carbocycles. The lowest BCUT2D eigenvalue weighted by Gasteiger charge is -2.23. The Kier molecular flexibility index (Phi) is 3.74. The number of hydrogen-bond donors (Lipinski definition) is 1. The lowest BCUT2D eigenvalue weighted by Crippen LogP contribution is -2.29. The molecule has 17 heavy (non-hydrogen) atoms. The Labute approximate surface area is 100.0 Å². The van der Waals surface area contributed by atoms with Gasteiger partial charge in [0, 0.05) is 6.54 Å². The highest BCUT2D eigenvalue weighted by atomic mass is 19.1. The molecule has 0 spiro atoms. The van der Waals surface area contributed by atoms with E-state index in [1.165, 1.54) is 13.2 Å². The number of piperidine rings is 1. The summed E-state index contributed by atoms with van der Waals surface area (Å²) in [6.45, 7) is 1.75. The second kappa shape index (κ2) is 5.27. The molecule has 0 saturated carbocycles. The Hall–Kier alpha value is -1.42. The molecular weight excluding hydrogens is 221 g/mol. The molecule has 1 aliphatic rings. The zero-order valence-electron chi connectivity index (χ0n) is 9.83. The van der Waals surface area contributed by atoms with E-state index in [1.807, 2.05) is 0 Å². The van der Waals surface area contributed by atoms with E-state index in [0.717, 1.165) is 25.9 Å². The fourth-order valence-electron chi connectivity index (χ4n) is 2.25. The molecule has 3 nitrogen and oxygen atoms in total. The van der Waals surface area contributed by atoms with Gasteiger partial charge < -0.3 is 10.1 Å². The van der Waals surface area contributed by atoms with E-state index in [1.54, 1.807) is 12.1 Å². The molecular formula is C13H16FNO2. The minimum atomic E-state index is -0.617. The number of nitrogens with one attached hydrogen (secondary N) is 1. The van der Waals surface area contributed by atoms with Crippen LogP contribution in [0.15, 0.2) is 18.2 Å². The number of methoxy groups -OCH3 is 1. The fourth-order valence-corrected chi connectivity index (χ4v) is 2.25. The molecule has 0 bridgehead atoms. The van der Waals surface area contributed by atoms with Crippen molar-refractivity contribution in [2.24, 2.45) is 0 Å². The first-order valence-electron chi connectivity index (χ1n) is 5.81. The molecule has 0 amide bonds. The maximum absolute atomic E-state index is 14.2. The maximum Gasteiger partial charge on any atom is 0.340 e. The van der Waals surface area contributed by atoms with Gasteiger partial charge in [0.15, 0.2) is 0 Å². The normalized spacial score (nSPS) is 20.0. The zero-order valence-corrected chi connectivity index (χ0v) is 9.83. The van der Waals surface area contributed by atoms with E-state index in [4.69, 9.17) is 0 Å². The summed E-state index contributed by atoms with van der Waals surface area (Å²) in [7, 11) is 1.26. The van der Waals surface area contributed by atoms with Crippen molar-refractivity contribution < 1.29 is 13.9 Å². The average Bonchev–Trinajstić information content (AvgIpc) is 2.39. The van der Waals surface area contributed by atoms with Crippen LogP contribution < -0.4 is 5.32 Å². The van der Waals surface area contributed by atoms with E-state index in [2.05, 4.69) is 10.1 Å². The smallest absolute Gasteiger partial charge is 0.340 e. The van der Waals surface area contributed by atoms with Gasteiger partial charge in [-0.25, -0.2) is 9.18 Å². The van der Waals surface area contributed by atoms with Crippen LogP contribution in [0.25, 0.3) is 0 Å². The molecule has 0 aromatic heterocycles. The van der Waals surface area contributed by atoms with Crippen LogP contribution in [0.5, 0.6) is 0 Å². The van der Waals surface area contributed by atoms with Crippen molar-refractivity contribution in [1.29, 1.82) is 0 Å². The van der Waals surface area contributed by atoms with E-state index >= 15 is 0 Å². The van der Waals surface area contributed by atoms with Gasteiger partial charge in [0.25, 0.3) is 0 Å². The maximum atomic E-state index is 14.2. The van der Waals surface area contributed by atoms with Gasteiger partial charge in [0.2, 0.25) is 0 Å². The predicted molar refractivity (Wildman–Crippen MR) is 62.6 cm³/mol. The first-order valence-corrected chi connectivity index (χ1v) is 5.81. The van der Waals surface area contributed by atoms with Crippen LogP contribution in [0.1, 0.15) is 34.7 Å². The standard InChI is InChI=1S/C13H16FNO2/c1-17-13(16)11-6-2-5-10(12(11)14)9-4-3-7-15-8-9/h2,5-6,9,15H,3-4,7-8H2,1H3/t9-/m1/s1. The summed E-state index contributed by atoms with van der Waals surface area (Å²) >= 11 is 0. The molecule has 4 heteroatoms. The van der Waals surface area contributed by atoms with Crippen molar-refractivity contribution in [3.8, 4) is 0 Å². The lowest BCUT2D eigenvalue weighted by atomic mass is 9.90. The zero-order chi connectivity index (χ0) is 12.3. The highest BCUT2D eigenvalue weighted by Gasteiger charge is 2.22. The summed E-state index contributed by atoms with van der Waals surface area (Å²) in [5.74, 6) is -0.908. The van der Waals surface area contributed by atoms with Crippen molar-refractivity contribution in [3.63, 3.8) is 0 Å². The summed E-state index contributed by atoms with van der Waals surface area (Å²) in [4.78, 5) is 11.4. The summed E-state index contributed by atoms with van der Waals surface area (Å²) in [6, 6.07) is 4.92. The average molecular weight is 237 g/mol. The van der Waals surface area contributed by atoms with Crippen molar-refractivity contribution >= 4 is 5.97 Å². The van der Waals surface area contributed by atoms with Crippen molar-refractivity contribution in [3.05, 3.63) is 35.1 Å². The first kappa shape index (κ1) is 12.0. The van der Waals surface area contributed by atoms with Gasteiger partial charge in [-0.05, 0) is 36.9 Å². The van der Waals surface area contributed by atoms with E-state index in [-0.39, 0.29) is 11.5 Å². The number of carbonyl (C=O) groups excluding carboxylic acids is 1. The third-order valence-corrected chi connectivity index (χ3v) is 3.17. The molecule has 1 aliphatic heterocycles. The highest BCUT2D eigenvalue weighted by Crippen LogP contribution is 2.27. The van der Waals surface area contributed by atoms with Crippen LogP contribution in [0.4, 0.5) is 4.39 Å². The molecule has 0 radical (unpaired) electrons. The summed E-state index contributed by atoms with van der Waals surface area (Å²) in [5.41, 5.74) is 0.635. The lowest BCUT2D eigenvalue weighted by molar-refractivity contribution is 0.0595. The predicted octanol–water partition coefficient (Wildman–Crippen LogP) is 2.08. The Morgan fingerprint density at radius 2 is 2.35 bits per heavy atom. The quantitative estimate of drug-likeness (QED) is 0.800. The summed E-state index contributed by atoms with van der Waals surface area (Å²) in [5, 5.41) is 3.24. The number of hydrogen-bond acceptors (Lipinski definition) is 3. The summed E-state index contributed by atoms with van der Waals surface area (Å²) in [6.07, 6.45) is 1.99. The van der Waals surface area contributed by atoms with Gasteiger partial charge in [0.1, 0.15) is 5.82 Å². The topological polar surface area (TPSA) is 38.3 Å².